The molecule has 0 saturated carbocycles. The van der Waals surface area contributed by atoms with Gasteiger partial charge in [0.15, 0.2) is 0 Å². The highest BCUT2D eigenvalue weighted by atomic mass is 15.0. The molecule has 3 nitrogen and oxygen atoms in total. The normalized spacial score (nSPS) is 12.8. The fraction of sp³-hybridized carbons (Fsp3) is 0.200. The molecule has 0 fully saturated rings. The second-order valence-electron chi connectivity index (χ2n) is 7.94. The molecule has 2 aromatic carbocycles. The van der Waals surface area contributed by atoms with Crippen LogP contribution in [0.1, 0.15) is 55.9 Å². The Bertz CT molecular complexity index is 1360. The molecule has 3 aromatic rings. The summed E-state index contributed by atoms with van der Waals surface area (Å²) in [5.41, 5.74) is 7.90. The highest BCUT2D eigenvalue weighted by molar-refractivity contribution is 5.94. The van der Waals surface area contributed by atoms with Crippen molar-refractivity contribution >= 4 is 28.2 Å². The Morgan fingerprint density at radius 3 is 2.55 bits per heavy atom. The van der Waals surface area contributed by atoms with Crippen LogP contribution in [0, 0.1) is 29.6 Å². The predicted octanol–water partition coefficient (Wildman–Crippen LogP) is 8.05. The van der Waals surface area contributed by atoms with Crippen molar-refractivity contribution in [2.24, 2.45) is 0 Å². The Hall–Kier alpha value is -4.08. The highest BCUT2D eigenvalue weighted by Crippen LogP contribution is 2.30. The third-order valence-electron chi connectivity index (χ3n) is 5.52. The number of hydrogen-bond acceptors (Lipinski definition) is 2. The van der Waals surface area contributed by atoms with Crippen LogP contribution in [-0.2, 0) is 0 Å². The van der Waals surface area contributed by atoms with Gasteiger partial charge in [-0.3, -0.25) is 0 Å². The number of hydrogen-bond donors (Lipinski definition) is 0. The number of fused-ring (bicyclic) bond motifs is 1. The maximum Gasteiger partial charge on any atom is 0.0991 e. The number of nitrogens with zero attached hydrogens (tertiary/aromatic N) is 3. The van der Waals surface area contributed by atoms with E-state index in [1.54, 1.807) is 6.08 Å². The lowest BCUT2D eigenvalue weighted by atomic mass is 10.0. The number of nitriles is 2. The molecule has 3 rings (SSSR count). The minimum atomic E-state index is 0.576. The first-order chi connectivity index (χ1) is 16.0. The van der Waals surface area contributed by atoms with Crippen molar-refractivity contribution in [3.63, 3.8) is 0 Å². The van der Waals surface area contributed by atoms with Gasteiger partial charge >= 0.3 is 0 Å². The standard InChI is InChI=1S/C30H29N3/c1-5-9-23(19-31)16-27-21-33(30-14-13-24(20-32)17-29(27)30)28(7-3)18-25(10-6-2)26-12-8-11-22(4)15-26/h5,8-18,21H,6-7H2,1-4H3/b9-5-,23-16+,25-10+,28-18+. The Kier molecular flexibility index (Phi) is 7.85. The van der Waals surface area contributed by atoms with Crippen LogP contribution in [0.3, 0.4) is 0 Å². The van der Waals surface area contributed by atoms with E-state index in [2.05, 4.69) is 80.1 Å². The Labute approximate surface area is 196 Å². The van der Waals surface area contributed by atoms with Crippen LogP contribution in [0.15, 0.2) is 78.5 Å². The first-order valence-corrected chi connectivity index (χ1v) is 11.3. The van der Waals surface area contributed by atoms with Gasteiger partial charge in [-0.05, 0) is 74.3 Å². The fourth-order valence-corrected chi connectivity index (χ4v) is 3.97. The van der Waals surface area contributed by atoms with Crippen LogP contribution >= 0.6 is 0 Å². The smallest absolute Gasteiger partial charge is 0.0991 e. The van der Waals surface area contributed by atoms with E-state index in [0.29, 0.717) is 11.1 Å². The average Bonchev–Trinajstić information content (AvgIpc) is 3.18. The topological polar surface area (TPSA) is 52.5 Å². The van der Waals surface area contributed by atoms with Crippen LogP contribution in [0.5, 0.6) is 0 Å². The van der Waals surface area contributed by atoms with E-state index < -0.39 is 0 Å². The van der Waals surface area contributed by atoms with Crippen molar-refractivity contribution in [3.05, 3.63) is 101 Å². The zero-order valence-electron chi connectivity index (χ0n) is 19.8. The highest BCUT2D eigenvalue weighted by Gasteiger charge is 2.12. The van der Waals surface area contributed by atoms with E-state index >= 15 is 0 Å². The van der Waals surface area contributed by atoms with E-state index in [4.69, 9.17) is 0 Å². The summed E-state index contributed by atoms with van der Waals surface area (Å²) in [4.78, 5) is 0. The summed E-state index contributed by atoms with van der Waals surface area (Å²) in [6.45, 7) is 8.31. The summed E-state index contributed by atoms with van der Waals surface area (Å²) < 4.78 is 2.19. The largest absolute Gasteiger partial charge is 0.320 e. The molecule has 0 bridgehead atoms. The summed E-state index contributed by atoms with van der Waals surface area (Å²) >= 11 is 0. The van der Waals surface area contributed by atoms with Crippen molar-refractivity contribution < 1.29 is 0 Å². The van der Waals surface area contributed by atoms with E-state index in [1.165, 1.54) is 16.7 Å². The zero-order chi connectivity index (χ0) is 23.8. The quantitative estimate of drug-likeness (QED) is 0.281. The summed E-state index contributed by atoms with van der Waals surface area (Å²) in [6.07, 6.45) is 13.9. The lowest BCUT2D eigenvalue weighted by Crippen LogP contribution is -1.96. The molecule has 0 atom stereocenters. The van der Waals surface area contributed by atoms with Gasteiger partial charge in [0.1, 0.15) is 0 Å². The van der Waals surface area contributed by atoms with Gasteiger partial charge in [0.25, 0.3) is 0 Å². The molecular weight excluding hydrogens is 402 g/mol. The molecule has 0 spiro atoms. The molecule has 1 aromatic heterocycles. The summed E-state index contributed by atoms with van der Waals surface area (Å²) in [6, 6.07) is 18.8. The third kappa shape index (κ3) is 5.40. The zero-order valence-corrected chi connectivity index (χ0v) is 19.8. The Morgan fingerprint density at radius 2 is 1.91 bits per heavy atom. The number of benzene rings is 2. The average molecular weight is 432 g/mol. The van der Waals surface area contributed by atoms with Gasteiger partial charge in [-0.15, -0.1) is 0 Å². The van der Waals surface area contributed by atoms with Gasteiger partial charge in [0.2, 0.25) is 0 Å². The monoisotopic (exact) mass is 431 g/mol. The van der Waals surface area contributed by atoms with Crippen LogP contribution in [0.2, 0.25) is 0 Å². The molecule has 3 heteroatoms. The molecule has 0 aliphatic carbocycles. The molecule has 0 N–H and O–H groups in total. The first-order valence-electron chi connectivity index (χ1n) is 11.3. The van der Waals surface area contributed by atoms with Crippen LogP contribution in [-0.4, -0.2) is 4.57 Å². The lowest BCUT2D eigenvalue weighted by molar-refractivity contribution is 1.05. The summed E-state index contributed by atoms with van der Waals surface area (Å²) in [7, 11) is 0. The van der Waals surface area contributed by atoms with Crippen LogP contribution in [0.4, 0.5) is 0 Å². The van der Waals surface area contributed by atoms with Crippen molar-refractivity contribution in [1.82, 2.24) is 4.57 Å². The van der Waals surface area contributed by atoms with Crippen LogP contribution < -0.4 is 0 Å². The number of aryl methyl sites for hydroxylation is 1. The van der Waals surface area contributed by atoms with Crippen molar-refractivity contribution in [2.45, 2.75) is 40.5 Å². The number of allylic oxidation sites excluding steroid dienone is 7. The van der Waals surface area contributed by atoms with Crippen molar-refractivity contribution in [3.8, 4) is 12.1 Å². The Balaban J connectivity index is 2.25. The lowest BCUT2D eigenvalue weighted by Gasteiger charge is -2.12. The van der Waals surface area contributed by atoms with Crippen molar-refractivity contribution in [1.29, 1.82) is 10.5 Å². The second-order valence-corrected chi connectivity index (χ2v) is 7.94. The molecule has 33 heavy (non-hydrogen) atoms. The van der Waals surface area contributed by atoms with Gasteiger partial charge in [0, 0.05) is 22.8 Å². The van der Waals surface area contributed by atoms with Gasteiger partial charge < -0.3 is 4.57 Å². The van der Waals surface area contributed by atoms with E-state index in [9.17, 15) is 10.5 Å². The number of aromatic nitrogens is 1. The molecule has 0 unspecified atom stereocenters. The number of rotatable bonds is 7. The first kappa shape index (κ1) is 23.6. The SMILES string of the molecule is C/C=C\C(C#N)=C/c1cn(/C(=C/C(=C\CC)c2cccc(C)c2)CC)c2ccc(C#N)cc12. The van der Waals surface area contributed by atoms with Crippen molar-refractivity contribution in [2.75, 3.05) is 0 Å². The molecule has 0 aliphatic heterocycles. The van der Waals surface area contributed by atoms with Gasteiger partial charge in [-0.2, -0.15) is 10.5 Å². The maximum atomic E-state index is 9.53. The molecule has 0 saturated heterocycles. The molecule has 0 radical (unpaired) electrons. The fourth-order valence-electron chi connectivity index (χ4n) is 3.97. The van der Waals surface area contributed by atoms with E-state index in [-0.39, 0.29) is 0 Å². The molecule has 164 valence electrons. The predicted molar refractivity (Wildman–Crippen MR) is 139 cm³/mol. The van der Waals surface area contributed by atoms with E-state index in [1.807, 2.05) is 37.3 Å². The molecule has 0 amide bonds. The molecule has 1 heterocycles. The van der Waals surface area contributed by atoms with Gasteiger partial charge in [0.05, 0.1) is 28.8 Å². The molecule has 0 aliphatic rings. The van der Waals surface area contributed by atoms with Crippen LogP contribution in [0.25, 0.3) is 28.2 Å². The Morgan fingerprint density at radius 1 is 1.09 bits per heavy atom. The minimum Gasteiger partial charge on any atom is -0.320 e. The minimum absolute atomic E-state index is 0.576. The molecular formula is C30H29N3. The van der Waals surface area contributed by atoms with Gasteiger partial charge in [-0.1, -0.05) is 55.8 Å². The summed E-state index contributed by atoms with van der Waals surface area (Å²) in [5.74, 6) is 0. The maximum absolute atomic E-state index is 9.53. The second kappa shape index (κ2) is 11.0. The summed E-state index contributed by atoms with van der Waals surface area (Å²) in [5, 5.41) is 19.9. The van der Waals surface area contributed by atoms with Gasteiger partial charge in [-0.25, -0.2) is 0 Å². The third-order valence-corrected chi connectivity index (χ3v) is 5.52. The van der Waals surface area contributed by atoms with E-state index in [0.717, 1.165) is 35.0 Å².